The Balaban J connectivity index is 0.00000151. The van der Waals surface area contributed by atoms with Crippen molar-refractivity contribution >= 4 is 17.3 Å². The third-order valence-electron chi connectivity index (χ3n) is 3.29. The van der Waals surface area contributed by atoms with Crippen LogP contribution in [-0.4, -0.2) is 21.0 Å². The second kappa shape index (κ2) is 9.27. The average molecular weight is 346 g/mol. The molecule has 0 aromatic heterocycles. The Morgan fingerprint density at radius 1 is 1.16 bits per heavy atom. The van der Waals surface area contributed by atoms with Crippen LogP contribution in [0.3, 0.4) is 0 Å². The predicted molar refractivity (Wildman–Crippen MR) is 96.2 cm³/mol. The van der Waals surface area contributed by atoms with Crippen LogP contribution in [0.25, 0.3) is 0 Å². The molecule has 3 N–H and O–H groups in total. The Hall–Kier alpha value is -3.09. The van der Waals surface area contributed by atoms with Gasteiger partial charge in [-0.1, -0.05) is 27.2 Å². The zero-order valence-electron chi connectivity index (χ0n) is 14.4. The van der Waals surface area contributed by atoms with Crippen molar-refractivity contribution in [2.45, 2.75) is 33.6 Å². The highest BCUT2D eigenvalue weighted by atomic mass is 16.6. The molecule has 0 atom stereocenters. The number of rotatable bonds is 5. The van der Waals surface area contributed by atoms with Gasteiger partial charge in [-0.3, -0.25) is 14.9 Å². The largest absolute Gasteiger partial charge is 0.508 e. The minimum Gasteiger partial charge on any atom is -0.508 e. The van der Waals surface area contributed by atoms with Crippen molar-refractivity contribution in [1.29, 1.82) is 0 Å². The minimum atomic E-state index is -0.607. The van der Waals surface area contributed by atoms with E-state index in [1.807, 2.05) is 20.8 Å². The van der Waals surface area contributed by atoms with Gasteiger partial charge in [-0.05, 0) is 36.2 Å². The molecule has 0 bridgehead atoms. The molecule has 7 nitrogen and oxygen atoms in total. The number of carbonyl (C=O) groups excluding carboxylic acids is 1. The first-order valence-electron chi connectivity index (χ1n) is 8.03. The van der Waals surface area contributed by atoms with Gasteiger partial charge in [0.15, 0.2) is 0 Å². The maximum Gasteiger partial charge on any atom is 0.269 e. The van der Waals surface area contributed by atoms with E-state index in [4.69, 9.17) is 0 Å². The SMILES string of the molecule is CC.CCCc1cc([N+](=O)[O-])ccc1NC(=O)c1cc(O)ccc1O. The molecule has 0 fully saturated rings. The number of nitrogens with one attached hydrogen (secondary N) is 1. The lowest BCUT2D eigenvalue weighted by molar-refractivity contribution is -0.384. The van der Waals surface area contributed by atoms with Gasteiger partial charge in [0, 0.05) is 17.8 Å². The molecule has 134 valence electrons. The van der Waals surface area contributed by atoms with E-state index in [1.165, 1.54) is 30.3 Å². The fourth-order valence-corrected chi connectivity index (χ4v) is 2.19. The maximum atomic E-state index is 12.2. The molecular weight excluding hydrogens is 324 g/mol. The molecule has 0 aliphatic rings. The molecule has 0 radical (unpaired) electrons. The van der Waals surface area contributed by atoms with E-state index in [0.717, 1.165) is 12.5 Å². The van der Waals surface area contributed by atoms with E-state index >= 15 is 0 Å². The van der Waals surface area contributed by atoms with E-state index in [2.05, 4.69) is 5.32 Å². The molecular formula is C18H22N2O5. The maximum absolute atomic E-state index is 12.2. The smallest absolute Gasteiger partial charge is 0.269 e. The van der Waals surface area contributed by atoms with Gasteiger partial charge in [0.2, 0.25) is 0 Å². The number of benzene rings is 2. The zero-order valence-corrected chi connectivity index (χ0v) is 14.4. The van der Waals surface area contributed by atoms with Crippen molar-refractivity contribution in [3.05, 3.63) is 57.6 Å². The summed E-state index contributed by atoms with van der Waals surface area (Å²) in [6.07, 6.45) is 1.31. The van der Waals surface area contributed by atoms with Crippen LogP contribution < -0.4 is 5.32 Å². The van der Waals surface area contributed by atoms with E-state index < -0.39 is 10.8 Å². The lowest BCUT2D eigenvalue weighted by atomic mass is 10.1. The summed E-state index contributed by atoms with van der Waals surface area (Å²) >= 11 is 0. The first-order chi connectivity index (χ1) is 11.9. The van der Waals surface area contributed by atoms with Crippen molar-refractivity contribution in [3.63, 3.8) is 0 Å². The number of nitrogens with zero attached hydrogens (tertiary/aromatic N) is 1. The normalized spacial score (nSPS) is 9.72. The topological polar surface area (TPSA) is 113 Å². The summed E-state index contributed by atoms with van der Waals surface area (Å²) in [4.78, 5) is 22.6. The second-order valence-electron chi connectivity index (χ2n) is 5.00. The molecule has 0 aliphatic carbocycles. The highest BCUT2D eigenvalue weighted by Crippen LogP contribution is 2.26. The number of aryl methyl sites for hydroxylation is 1. The van der Waals surface area contributed by atoms with Gasteiger partial charge >= 0.3 is 0 Å². The zero-order chi connectivity index (χ0) is 19.0. The summed E-state index contributed by atoms with van der Waals surface area (Å²) < 4.78 is 0. The van der Waals surface area contributed by atoms with E-state index in [-0.39, 0.29) is 22.7 Å². The molecule has 2 aromatic rings. The van der Waals surface area contributed by atoms with Gasteiger partial charge < -0.3 is 15.5 Å². The lowest BCUT2D eigenvalue weighted by Gasteiger charge is -2.11. The van der Waals surface area contributed by atoms with Crippen LogP contribution in [-0.2, 0) is 6.42 Å². The Morgan fingerprint density at radius 3 is 2.44 bits per heavy atom. The Kier molecular flexibility index (Phi) is 7.40. The third kappa shape index (κ3) is 5.20. The number of nitro benzene ring substituents is 1. The number of hydrogen-bond donors (Lipinski definition) is 3. The number of anilines is 1. The fourth-order valence-electron chi connectivity index (χ4n) is 2.19. The predicted octanol–water partition coefficient (Wildman–Crippen LogP) is 4.24. The number of phenols is 2. The van der Waals surface area contributed by atoms with Gasteiger partial charge in [-0.15, -0.1) is 0 Å². The third-order valence-corrected chi connectivity index (χ3v) is 3.29. The number of non-ortho nitro benzene ring substituents is 1. The van der Waals surface area contributed by atoms with Crippen molar-refractivity contribution in [1.82, 2.24) is 0 Å². The highest BCUT2D eigenvalue weighted by molar-refractivity contribution is 6.06. The summed E-state index contributed by atoms with van der Waals surface area (Å²) in [5.74, 6) is -1.02. The van der Waals surface area contributed by atoms with Crippen LogP contribution in [0.2, 0.25) is 0 Å². The van der Waals surface area contributed by atoms with Crippen molar-refractivity contribution < 1.29 is 19.9 Å². The number of aromatic hydroxyl groups is 2. The van der Waals surface area contributed by atoms with E-state index in [9.17, 15) is 25.1 Å². The van der Waals surface area contributed by atoms with Crippen LogP contribution in [0.1, 0.15) is 43.1 Å². The minimum absolute atomic E-state index is 0.0494. The first kappa shape index (κ1) is 20.0. The molecule has 0 saturated carbocycles. The van der Waals surface area contributed by atoms with Crippen molar-refractivity contribution in [2.24, 2.45) is 0 Å². The Labute approximate surface area is 146 Å². The van der Waals surface area contributed by atoms with Gasteiger partial charge in [-0.2, -0.15) is 0 Å². The summed E-state index contributed by atoms with van der Waals surface area (Å²) in [6.45, 7) is 5.92. The first-order valence-corrected chi connectivity index (χ1v) is 8.03. The van der Waals surface area contributed by atoms with Gasteiger partial charge in [0.1, 0.15) is 11.5 Å². The number of carbonyl (C=O) groups is 1. The Bertz CT molecular complexity index is 759. The van der Waals surface area contributed by atoms with Crippen LogP contribution in [0.15, 0.2) is 36.4 Å². The summed E-state index contributed by atoms with van der Waals surface area (Å²) in [6, 6.07) is 7.81. The molecule has 0 saturated heterocycles. The molecule has 2 rings (SSSR count). The standard InChI is InChI=1S/C16H16N2O5.C2H6/c1-2-3-10-8-11(18(22)23)4-6-14(10)17-16(21)13-9-12(19)5-7-15(13)20;1-2/h4-9,19-20H,2-3H2,1H3,(H,17,21);1-2H3. The molecule has 2 aromatic carbocycles. The van der Waals surface area contributed by atoms with Crippen LogP contribution in [0.4, 0.5) is 11.4 Å². The second-order valence-corrected chi connectivity index (χ2v) is 5.00. The average Bonchev–Trinajstić information content (AvgIpc) is 2.60. The molecule has 7 heteroatoms. The Morgan fingerprint density at radius 2 is 1.84 bits per heavy atom. The lowest BCUT2D eigenvalue weighted by Crippen LogP contribution is -2.13. The molecule has 1 amide bonds. The number of hydrogen-bond acceptors (Lipinski definition) is 5. The fraction of sp³-hybridized carbons (Fsp3) is 0.278. The van der Waals surface area contributed by atoms with Crippen LogP contribution in [0.5, 0.6) is 11.5 Å². The van der Waals surface area contributed by atoms with Gasteiger partial charge in [-0.25, -0.2) is 0 Å². The number of amides is 1. The van der Waals surface area contributed by atoms with E-state index in [1.54, 1.807) is 0 Å². The van der Waals surface area contributed by atoms with Crippen molar-refractivity contribution in [2.75, 3.05) is 5.32 Å². The summed E-state index contributed by atoms with van der Waals surface area (Å²) in [5, 5.41) is 32.6. The van der Waals surface area contributed by atoms with Gasteiger partial charge in [0.05, 0.1) is 10.5 Å². The molecule has 0 spiro atoms. The highest BCUT2D eigenvalue weighted by Gasteiger charge is 2.16. The molecule has 0 unspecified atom stereocenters. The van der Waals surface area contributed by atoms with Gasteiger partial charge in [0.25, 0.3) is 11.6 Å². The number of nitro groups is 1. The van der Waals surface area contributed by atoms with Crippen LogP contribution >= 0.6 is 0 Å². The quantitative estimate of drug-likeness (QED) is 0.426. The molecule has 0 heterocycles. The van der Waals surface area contributed by atoms with E-state index in [0.29, 0.717) is 17.7 Å². The monoisotopic (exact) mass is 346 g/mol. The van der Waals surface area contributed by atoms with Crippen molar-refractivity contribution in [3.8, 4) is 11.5 Å². The molecule has 0 aliphatic heterocycles. The summed E-state index contributed by atoms with van der Waals surface area (Å²) in [7, 11) is 0. The molecule has 25 heavy (non-hydrogen) atoms. The number of phenolic OH excluding ortho intramolecular Hbond substituents is 2. The summed E-state index contributed by atoms with van der Waals surface area (Å²) in [5.41, 5.74) is 0.942. The van der Waals surface area contributed by atoms with Crippen LogP contribution in [0, 0.1) is 10.1 Å².